The summed E-state index contributed by atoms with van der Waals surface area (Å²) in [5, 5.41) is 8.95. The molecule has 1 atom stereocenters. The second-order valence-electron chi connectivity index (χ2n) is 4.90. The number of aliphatic hydroxyl groups excluding tert-OH is 1. The van der Waals surface area contributed by atoms with Gasteiger partial charge in [-0.3, -0.25) is 0 Å². The molecule has 0 saturated heterocycles. The van der Waals surface area contributed by atoms with E-state index in [-0.39, 0.29) is 12.4 Å². The Morgan fingerprint density at radius 2 is 2.00 bits per heavy atom. The minimum absolute atomic E-state index is 0.151. The van der Waals surface area contributed by atoms with Crippen molar-refractivity contribution in [2.24, 2.45) is 5.73 Å². The molecule has 1 aromatic carbocycles. The van der Waals surface area contributed by atoms with Crippen molar-refractivity contribution in [1.82, 2.24) is 0 Å². The zero-order valence-corrected chi connectivity index (χ0v) is 10.0. The lowest BCUT2D eigenvalue weighted by Gasteiger charge is -2.23. The molecule has 1 unspecified atom stereocenters. The highest BCUT2D eigenvalue weighted by atomic mass is 19.1. The number of hydrogen-bond acceptors (Lipinski definition) is 2. The van der Waals surface area contributed by atoms with Crippen molar-refractivity contribution in [3.63, 3.8) is 0 Å². The molecule has 2 rings (SSSR count). The molecule has 17 heavy (non-hydrogen) atoms. The molecule has 0 spiro atoms. The summed E-state index contributed by atoms with van der Waals surface area (Å²) < 4.78 is 14.0. The van der Waals surface area contributed by atoms with Crippen molar-refractivity contribution in [3.05, 3.63) is 35.1 Å². The van der Waals surface area contributed by atoms with E-state index in [4.69, 9.17) is 10.8 Å². The molecule has 1 aromatic rings. The molecular formula is C14H20FNO. The Balaban J connectivity index is 2.18. The molecule has 1 aliphatic rings. The standard InChI is InChI=1S/C14H20FNO/c15-13-8-11(14(16)9-17)6-7-12(13)10-4-2-1-3-5-10/h6-8,10,14,17H,1-5,9,16H2. The van der Waals surface area contributed by atoms with Gasteiger partial charge in [0.15, 0.2) is 0 Å². The van der Waals surface area contributed by atoms with Crippen LogP contribution >= 0.6 is 0 Å². The van der Waals surface area contributed by atoms with Crippen LogP contribution in [0.3, 0.4) is 0 Å². The summed E-state index contributed by atoms with van der Waals surface area (Å²) in [5.41, 5.74) is 7.16. The van der Waals surface area contributed by atoms with Gasteiger partial charge in [0.25, 0.3) is 0 Å². The summed E-state index contributed by atoms with van der Waals surface area (Å²) in [4.78, 5) is 0. The summed E-state index contributed by atoms with van der Waals surface area (Å²) in [7, 11) is 0. The molecule has 0 aliphatic heterocycles. The molecule has 1 aliphatic carbocycles. The summed E-state index contributed by atoms with van der Waals surface area (Å²) in [5.74, 6) is 0.196. The van der Waals surface area contributed by atoms with Gasteiger partial charge in [-0.05, 0) is 36.0 Å². The first-order chi connectivity index (χ1) is 8.22. The van der Waals surface area contributed by atoms with Gasteiger partial charge in [-0.2, -0.15) is 0 Å². The summed E-state index contributed by atoms with van der Waals surface area (Å²) in [6.07, 6.45) is 5.83. The first-order valence-corrected chi connectivity index (χ1v) is 6.38. The van der Waals surface area contributed by atoms with E-state index >= 15 is 0 Å². The van der Waals surface area contributed by atoms with Crippen LogP contribution in [0.2, 0.25) is 0 Å². The van der Waals surface area contributed by atoms with Gasteiger partial charge in [0.2, 0.25) is 0 Å². The fraction of sp³-hybridized carbons (Fsp3) is 0.571. The van der Waals surface area contributed by atoms with E-state index in [1.807, 2.05) is 12.1 Å². The van der Waals surface area contributed by atoms with E-state index in [0.29, 0.717) is 11.5 Å². The maximum absolute atomic E-state index is 14.0. The lowest BCUT2D eigenvalue weighted by Crippen LogP contribution is -2.15. The highest BCUT2D eigenvalue weighted by Gasteiger charge is 2.19. The third-order valence-electron chi connectivity index (χ3n) is 3.69. The van der Waals surface area contributed by atoms with Gasteiger partial charge in [-0.15, -0.1) is 0 Å². The van der Waals surface area contributed by atoms with Crippen molar-refractivity contribution in [3.8, 4) is 0 Å². The average Bonchev–Trinajstić information content (AvgIpc) is 2.38. The minimum Gasteiger partial charge on any atom is -0.394 e. The number of rotatable bonds is 3. The Morgan fingerprint density at radius 1 is 1.29 bits per heavy atom. The number of benzene rings is 1. The second-order valence-corrected chi connectivity index (χ2v) is 4.90. The van der Waals surface area contributed by atoms with Gasteiger partial charge in [0.1, 0.15) is 5.82 Å². The topological polar surface area (TPSA) is 46.2 Å². The second kappa shape index (κ2) is 5.61. The maximum atomic E-state index is 14.0. The van der Waals surface area contributed by atoms with Gasteiger partial charge in [-0.1, -0.05) is 31.4 Å². The molecule has 0 aromatic heterocycles. The van der Waals surface area contributed by atoms with Gasteiger partial charge in [0.05, 0.1) is 12.6 Å². The predicted octanol–water partition coefficient (Wildman–Crippen LogP) is 2.87. The zero-order valence-electron chi connectivity index (χ0n) is 10.0. The monoisotopic (exact) mass is 237 g/mol. The third kappa shape index (κ3) is 2.85. The summed E-state index contributed by atoms with van der Waals surface area (Å²) in [6.45, 7) is -0.151. The molecule has 3 N–H and O–H groups in total. The van der Waals surface area contributed by atoms with Gasteiger partial charge >= 0.3 is 0 Å². The van der Waals surface area contributed by atoms with Gasteiger partial charge in [0, 0.05) is 0 Å². The van der Waals surface area contributed by atoms with E-state index in [9.17, 15) is 4.39 Å². The van der Waals surface area contributed by atoms with Crippen LogP contribution in [0.15, 0.2) is 18.2 Å². The zero-order chi connectivity index (χ0) is 12.3. The Labute approximate surface area is 102 Å². The molecular weight excluding hydrogens is 217 g/mol. The number of nitrogens with two attached hydrogens (primary N) is 1. The van der Waals surface area contributed by atoms with Crippen LogP contribution in [-0.2, 0) is 0 Å². The first-order valence-electron chi connectivity index (χ1n) is 6.38. The number of halogens is 1. The smallest absolute Gasteiger partial charge is 0.127 e. The predicted molar refractivity (Wildman–Crippen MR) is 66.2 cm³/mol. The minimum atomic E-state index is -0.482. The molecule has 0 heterocycles. The summed E-state index contributed by atoms with van der Waals surface area (Å²) in [6, 6.07) is 4.68. The Bertz CT molecular complexity index is 374. The number of aliphatic hydroxyl groups is 1. The third-order valence-corrected chi connectivity index (χ3v) is 3.69. The van der Waals surface area contributed by atoms with Crippen LogP contribution in [0.25, 0.3) is 0 Å². The summed E-state index contributed by atoms with van der Waals surface area (Å²) >= 11 is 0. The van der Waals surface area contributed by atoms with Crippen LogP contribution in [0.5, 0.6) is 0 Å². The van der Waals surface area contributed by atoms with Crippen molar-refractivity contribution in [1.29, 1.82) is 0 Å². The molecule has 94 valence electrons. The van der Waals surface area contributed by atoms with E-state index < -0.39 is 6.04 Å². The van der Waals surface area contributed by atoms with Crippen molar-refractivity contribution in [2.45, 2.75) is 44.1 Å². The number of hydrogen-bond donors (Lipinski definition) is 2. The van der Waals surface area contributed by atoms with Crippen LogP contribution in [0, 0.1) is 5.82 Å². The average molecular weight is 237 g/mol. The first kappa shape index (κ1) is 12.5. The maximum Gasteiger partial charge on any atom is 0.127 e. The van der Waals surface area contributed by atoms with Crippen LogP contribution in [0.4, 0.5) is 4.39 Å². The lowest BCUT2D eigenvalue weighted by molar-refractivity contribution is 0.267. The van der Waals surface area contributed by atoms with Crippen molar-refractivity contribution in [2.75, 3.05) is 6.61 Å². The normalized spacial score (nSPS) is 19.2. The Kier molecular flexibility index (Phi) is 4.13. The van der Waals surface area contributed by atoms with Crippen molar-refractivity contribution >= 4 is 0 Å². The Morgan fingerprint density at radius 3 is 2.59 bits per heavy atom. The molecule has 2 nitrogen and oxygen atoms in total. The Hall–Kier alpha value is -0.930. The molecule has 1 fully saturated rings. The highest BCUT2D eigenvalue weighted by Crippen LogP contribution is 2.34. The quantitative estimate of drug-likeness (QED) is 0.849. The van der Waals surface area contributed by atoms with E-state index in [2.05, 4.69) is 0 Å². The highest BCUT2D eigenvalue weighted by molar-refractivity contribution is 5.29. The molecule has 0 bridgehead atoms. The molecule has 3 heteroatoms. The largest absolute Gasteiger partial charge is 0.394 e. The molecule has 0 amide bonds. The van der Waals surface area contributed by atoms with Crippen LogP contribution in [-0.4, -0.2) is 11.7 Å². The molecule has 0 radical (unpaired) electrons. The molecule has 1 saturated carbocycles. The lowest BCUT2D eigenvalue weighted by atomic mass is 9.83. The fourth-order valence-corrected chi connectivity index (χ4v) is 2.62. The van der Waals surface area contributed by atoms with E-state index in [1.54, 1.807) is 0 Å². The van der Waals surface area contributed by atoms with Crippen LogP contribution < -0.4 is 5.73 Å². The van der Waals surface area contributed by atoms with E-state index in [1.165, 1.54) is 25.3 Å². The van der Waals surface area contributed by atoms with Crippen LogP contribution in [0.1, 0.15) is 55.2 Å². The van der Waals surface area contributed by atoms with E-state index in [0.717, 1.165) is 18.4 Å². The van der Waals surface area contributed by atoms with Crippen molar-refractivity contribution < 1.29 is 9.50 Å². The van der Waals surface area contributed by atoms with Gasteiger partial charge in [-0.25, -0.2) is 4.39 Å². The SMILES string of the molecule is NC(CO)c1ccc(C2CCCCC2)c(F)c1. The van der Waals surface area contributed by atoms with Gasteiger partial charge < -0.3 is 10.8 Å². The fourth-order valence-electron chi connectivity index (χ4n) is 2.62.